The Labute approximate surface area is 110 Å². The lowest BCUT2D eigenvalue weighted by atomic mass is 10.0. The van der Waals surface area contributed by atoms with E-state index in [4.69, 9.17) is 0 Å². The van der Waals surface area contributed by atoms with Crippen molar-refractivity contribution >= 4 is 16.7 Å². The number of halogens is 4. The minimum Gasteiger partial charge on any atom is -0.327 e. The highest BCUT2D eigenvalue weighted by molar-refractivity contribution is 7.85. The van der Waals surface area contributed by atoms with Crippen LogP contribution in [0, 0.1) is 0 Å². The number of alkyl halides is 3. The van der Waals surface area contributed by atoms with Gasteiger partial charge < -0.3 is 5.32 Å². The second kappa shape index (κ2) is 5.85. The number of amides is 1. The van der Waals surface area contributed by atoms with Crippen molar-refractivity contribution in [2.24, 2.45) is 0 Å². The van der Waals surface area contributed by atoms with E-state index in [0.29, 0.717) is 0 Å². The number of carbonyl (C=O) groups excluding carboxylic acids is 1. The fourth-order valence-corrected chi connectivity index (χ4v) is 3.07. The molecule has 108 valence electrons. The summed E-state index contributed by atoms with van der Waals surface area (Å²) in [6, 6.07) is 0. The summed E-state index contributed by atoms with van der Waals surface area (Å²) in [4.78, 5) is 10.9. The lowest BCUT2D eigenvalue weighted by Crippen LogP contribution is -2.32. The molecule has 1 rings (SSSR count). The zero-order chi connectivity index (χ0) is 14.8. The third-order valence-corrected chi connectivity index (χ3v) is 4.28. The highest BCUT2D eigenvalue weighted by Crippen LogP contribution is 2.29. The molecule has 19 heavy (non-hydrogen) atoms. The second-order valence-electron chi connectivity index (χ2n) is 4.23. The number of hydrogen-bond acceptors (Lipinski definition) is 2. The molecule has 0 saturated carbocycles. The van der Waals surface area contributed by atoms with Crippen LogP contribution in [0.2, 0.25) is 0 Å². The van der Waals surface area contributed by atoms with Crippen LogP contribution in [0.1, 0.15) is 20.3 Å². The van der Waals surface area contributed by atoms with Crippen LogP contribution in [-0.2, 0) is 15.6 Å². The van der Waals surface area contributed by atoms with Gasteiger partial charge in [-0.05, 0) is 13.0 Å². The average molecular weight is 299 g/mol. The van der Waals surface area contributed by atoms with Gasteiger partial charge in [0.15, 0.2) is 0 Å². The summed E-state index contributed by atoms with van der Waals surface area (Å²) in [5.41, 5.74) is 0.146. The summed E-state index contributed by atoms with van der Waals surface area (Å²) in [6.07, 6.45) is -3.75. The van der Waals surface area contributed by atoms with Gasteiger partial charge in [0.25, 0.3) is 0 Å². The lowest BCUT2D eigenvalue weighted by Gasteiger charge is -2.24. The van der Waals surface area contributed by atoms with Gasteiger partial charge in [-0.3, -0.25) is 9.00 Å². The lowest BCUT2D eigenvalue weighted by molar-refractivity contribution is -0.118. The maximum Gasteiger partial charge on any atom is 0.400 e. The highest BCUT2D eigenvalue weighted by Gasteiger charge is 2.35. The molecule has 0 aromatic carbocycles. The van der Waals surface area contributed by atoms with Gasteiger partial charge in [-0.25, -0.2) is 4.39 Å². The average Bonchev–Trinajstić information content (AvgIpc) is 2.18. The van der Waals surface area contributed by atoms with E-state index in [9.17, 15) is 26.6 Å². The molecular weight excluding hydrogens is 286 g/mol. The Morgan fingerprint density at radius 1 is 1.53 bits per heavy atom. The topological polar surface area (TPSA) is 46.2 Å². The van der Waals surface area contributed by atoms with Gasteiger partial charge in [-0.15, -0.1) is 0 Å². The molecule has 0 aliphatic heterocycles. The van der Waals surface area contributed by atoms with Crippen LogP contribution in [0.3, 0.4) is 0 Å². The van der Waals surface area contributed by atoms with Crippen LogP contribution < -0.4 is 5.32 Å². The molecule has 0 spiro atoms. The maximum atomic E-state index is 13.5. The Kier molecular flexibility index (Phi) is 4.89. The predicted octanol–water partition coefficient (Wildman–Crippen LogP) is 2.33. The number of allylic oxidation sites excluding steroid dienone is 3. The maximum absolute atomic E-state index is 13.5. The third kappa shape index (κ3) is 4.77. The number of rotatable bonds is 3. The zero-order valence-electron chi connectivity index (χ0n) is 10.3. The largest absolute Gasteiger partial charge is 0.400 e. The molecule has 0 aromatic rings. The summed E-state index contributed by atoms with van der Waals surface area (Å²) in [7, 11) is -2.20. The molecule has 1 N–H and O–H groups in total. The molecule has 0 fully saturated rings. The molecule has 0 radical (unpaired) electrons. The quantitative estimate of drug-likeness (QED) is 0.813. The van der Waals surface area contributed by atoms with Crippen molar-refractivity contribution < 1.29 is 26.6 Å². The van der Waals surface area contributed by atoms with E-state index >= 15 is 0 Å². The normalized spacial score (nSPS) is 22.0. The van der Waals surface area contributed by atoms with Crippen molar-refractivity contribution in [2.45, 2.75) is 31.7 Å². The van der Waals surface area contributed by atoms with Crippen LogP contribution in [0.15, 0.2) is 23.2 Å². The number of nitrogens with one attached hydrogen (secondary N) is 1. The van der Waals surface area contributed by atoms with Crippen molar-refractivity contribution in [1.29, 1.82) is 0 Å². The molecule has 0 aromatic heterocycles. The Balaban J connectivity index is 2.88. The minimum absolute atomic E-state index is 0.126. The summed E-state index contributed by atoms with van der Waals surface area (Å²) in [6.45, 7) is 2.58. The fourth-order valence-electron chi connectivity index (χ4n) is 1.71. The molecule has 1 aliphatic carbocycles. The zero-order valence-corrected chi connectivity index (χ0v) is 11.1. The van der Waals surface area contributed by atoms with Crippen molar-refractivity contribution in [1.82, 2.24) is 5.32 Å². The molecule has 1 amide bonds. The minimum atomic E-state index is -4.54. The van der Waals surface area contributed by atoms with Gasteiger partial charge >= 0.3 is 6.18 Å². The summed E-state index contributed by atoms with van der Waals surface area (Å²) < 4.78 is 61.8. The SMILES string of the molecule is CC(=O)NC1=C(F)C=C(C)C([S@](=O)CC(F)(F)F)C1. The van der Waals surface area contributed by atoms with Crippen LogP contribution in [0.5, 0.6) is 0 Å². The first-order valence-electron chi connectivity index (χ1n) is 5.38. The van der Waals surface area contributed by atoms with Crippen molar-refractivity contribution in [2.75, 3.05) is 5.75 Å². The van der Waals surface area contributed by atoms with Crippen LogP contribution in [-0.4, -0.2) is 27.3 Å². The summed E-state index contributed by atoms with van der Waals surface area (Å²) in [5, 5.41) is 1.26. The first-order chi connectivity index (χ1) is 8.60. The van der Waals surface area contributed by atoms with E-state index in [1.807, 2.05) is 0 Å². The number of carbonyl (C=O) groups is 1. The molecule has 1 aliphatic rings. The van der Waals surface area contributed by atoms with Crippen LogP contribution in [0.25, 0.3) is 0 Å². The monoisotopic (exact) mass is 299 g/mol. The van der Waals surface area contributed by atoms with E-state index < -0.39 is 39.7 Å². The molecule has 1 unspecified atom stereocenters. The molecular formula is C11H13F4NO2S. The van der Waals surface area contributed by atoms with Gasteiger partial charge in [0, 0.05) is 24.1 Å². The molecule has 8 heteroatoms. The first kappa shape index (κ1) is 15.9. The van der Waals surface area contributed by atoms with E-state index in [1.165, 1.54) is 6.92 Å². The molecule has 2 atom stereocenters. The van der Waals surface area contributed by atoms with Crippen LogP contribution >= 0.6 is 0 Å². The standard InChI is InChI=1S/C11H13F4NO2S/c1-6-3-8(12)9(16-7(2)17)4-10(6)19(18)5-11(13,14)15/h3,10H,4-5H2,1-2H3,(H,16,17)/t10?,19-/m1/s1. The highest BCUT2D eigenvalue weighted by atomic mass is 32.2. The van der Waals surface area contributed by atoms with Gasteiger partial charge in [0.2, 0.25) is 5.91 Å². The first-order valence-corrected chi connectivity index (χ1v) is 6.76. The second-order valence-corrected chi connectivity index (χ2v) is 5.85. The smallest absolute Gasteiger partial charge is 0.327 e. The molecule has 0 heterocycles. The van der Waals surface area contributed by atoms with Crippen molar-refractivity contribution in [3.05, 3.63) is 23.2 Å². The van der Waals surface area contributed by atoms with Crippen molar-refractivity contribution in [3.63, 3.8) is 0 Å². The summed E-state index contributed by atoms with van der Waals surface area (Å²) in [5.74, 6) is -2.69. The van der Waals surface area contributed by atoms with Crippen LogP contribution in [0.4, 0.5) is 17.6 Å². The molecule has 0 bridgehead atoms. The van der Waals surface area contributed by atoms with E-state index in [1.54, 1.807) is 0 Å². The van der Waals surface area contributed by atoms with Gasteiger partial charge in [-0.2, -0.15) is 13.2 Å². The number of hydrogen-bond donors (Lipinski definition) is 1. The Hall–Kier alpha value is -1.18. The Bertz CT molecular complexity index is 468. The van der Waals surface area contributed by atoms with Gasteiger partial charge in [0.05, 0.1) is 10.9 Å². The van der Waals surface area contributed by atoms with E-state index in [-0.39, 0.29) is 17.7 Å². The molecule has 0 saturated heterocycles. The molecule has 3 nitrogen and oxygen atoms in total. The third-order valence-electron chi connectivity index (χ3n) is 2.49. The summed E-state index contributed by atoms with van der Waals surface area (Å²) >= 11 is 0. The van der Waals surface area contributed by atoms with Gasteiger partial charge in [0.1, 0.15) is 11.6 Å². The fraction of sp³-hybridized carbons (Fsp3) is 0.545. The van der Waals surface area contributed by atoms with Gasteiger partial charge in [-0.1, -0.05) is 5.57 Å². The predicted molar refractivity (Wildman–Crippen MR) is 63.2 cm³/mol. The van der Waals surface area contributed by atoms with E-state index in [0.717, 1.165) is 13.0 Å². The Morgan fingerprint density at radius 2 is 2.11 bits per heavy atom. The van der Waals surface area contributed by atoms with E-state index in [2.05, 4.69) is 5.32 Å². The van der Waals surface area contributed by atoms with Crippen molar-refractivity contribution in [3.8, 4) is 0 Å². The Morgan fingerprint density at radius 3 is 2.58 bits per heavy atom.